The smallest absolute Gasteiger partial charge is 0.144 e. The van der Waals surface area contributed by atoms with Gasteiger partial charge < -0.3 is 17.7 Å². The predicted molar refractivity (Wildman–Crippen MR) is 144 cm³/mol. The van der Waals surface area contributed by atoms with E-state index >= 15 is 0 Å². The molecule has 0 atom stereocenters. The Hall–Kier alpha value is -4.96. The zero-order valence-electron chi connectivity index (χ0n) is 18.6. The van der Waals surface area contributed by atoms with Gasteiger partial charge in [-0.3, -0.25) is 0 Å². The lowest BCUT2D eigenvalue weighted by atomic mass is 9.91. The molecule has 36 heavy (non-hydrogen) atoms. The van der Waals surface area contributed by atoms with Crippen LogP contribution in [0.25, 0.3) is 109 Å². The highest BCUT2D eigenvalue weighted by molar-refractivity contribution is 6.48. The van der Waals surface area contributed by atoms with Crippen molar-refractivity contribution in [2.45, 2.75) is 0 Å². The van der Waals surface area contributed by atoms with Crippen LogP contribution in [-0.4, -0.2) is 0 Å². The molecule has 0 saturated carbocycles. The molecule has 4 heterocycles. The van der Waals surface area contributed by atoms with E-state index < -0.39 is 0 Å². The second kappa shape index (κ2) is 5.02. The molecule has 4 nitrogen and oxygen atoms in total. The summed E-state index contributed by atoms with van der Waals surface area (Å²) in [7, 11) is 0. The molecule has 0 bridgehead atoms. The highest BCUT2D eigenvalue weighted by Gasteiger charge is 2.30. The summed E-state index contributed by atoms with van der Waals surface area (Å²) in [4.78, 5) is 0. The Morgan fingerprint density at radius 1 is 0.278 bits per heavy atom. The average molecular weight is 460 g/mol. The van der Waals surface area contributed by atoms with E-state index in [0.717, 1.165) is 109 Å². The van der Waals surface area contributed by atoms with Crippen LogP contribution < -0.4 is 0 Å². The van der Waals surface area contributed by atoms with Gasteiger partial charge in [0.2, 0.25) is 0 Å². The van der Waals surface area contributed by atoms with Crippen LogP contribution in [0.1, 0.15) is 0 Å². The minimum atomic E-state index is 0.854. The molecular weight excluding hydrogens is 448 g/mol. The van der Waals surface area contributed by atoms with Crippen LogP contribution in [0.5, 0.6) is 0 Å². The third-order valence-corrected chi connectivity index (χ3v) is 8.35. The van der Waals surface area contributed by atoms with Gasteiger partial charge in [0.05, 0.1) is 0 Å². The van der Waals surface area contributed by atoms with Gasteiger partial charge in [-0.2, -0.15) is 0 Å². The molecule has 164 valence electrons. The van der Waals surface area contributed by atoms with Crippen molar-refractivity contribution in [1.29, 1.82) is 0 Å². The standard InChI is InChI=1S/C32H12O4/c1-3-7-15-13(5-1)29-25-23-19(34-29)11-9-17-21(23)22-18(33-17)10-12-20-24(22)26-28-27(25)31(15)36-32(28)16-8-4-2-6-14(16)30(26)35-20/h1-12H. The van der Waals surface area contributed by atoms with Crippen LogP contribution in [0.4, 0.5) is 0 Å². The van der Waals surface area contributed by atoms with Crippen molar-refractivity contribution in [3.05, 3.63) is 72.8 Å². The maximum atomic E-state index is 6.88. The molecule has 0 amide bonds. The Labute approximate surface area is 199 Å². The van der Waals surface area contributed by atoms with Crippen LogP contribution in [0.2, 0.25) is 0 Å². The number of benzene rings is 6. The summed E-state index contributed by atoms with van der Waals surface area (Å²) in [6.45, 7) is 0. The van der Waals surface area contributed by atoms with Gasteiger partial charge in [-0.15, -0.1) is 0 Å². The highest BCUT2D eigenvalue weighted by Crippen LogP contribution is 2.55. The van der Waals surface area contributed by atoms with Gasteiger partial charge in [-0.25, -0.2) is 0 Å². The second-order valence-corrected chi connectivity index (χ2v) is 9.94. The van der Waals surface area contributed by atoms with Gasteiger partial charge in [-0.05, 0) is 24.3 Å². The number of fused-ring (bicyclic) bond motifs is 6. The molecule has 0 N–H and O–H groups in total. The van der Waals surface area contributed by atoms with Crippen molar-refractivity contribution in [2.75, 3.05) is 0 Å². The molecule has 0 aliphatic rings. The Morgan fingerprint density at radius 2 is 0.583 bits per heavy atom. The van der Waals surface area contributed by atoms with Crippen LogP contribution in [0.15, 0.2) is 90.5 Å². The summed E-state index contributed by atoms with van der Waals surface area (Å²) < 4.78 is 26.6. The lowest BCUT2D eigenvalue weighted by Gasteiger charge is -2.05. The first-order chi connectivity index (χ1) is 17.9. The van der Waals surface area contributed by atoms with Gasteiger partial charge in [0, 0.05) is 64.6 Å². The average Bonchev–Trinajstić information content (AvgIpc) is 3.66. The summed E-state index contributed by atoms with van der Waals surface area (Å²) in [6.07, 6.45) is 0. The van der Waals surface area contributed by atoms with Crippen LogP contribution in [0, 0.1) is 0 Å². The van der Waals surface area contributed by atoms with Crippen molar-refractivity contribution in [3.63, 3.8) is 0 Å². The zero-order valence-corrected chi connectivity index (χ0v) is 18.6. The van der Waals surface area contributed by atoms with E-state index in [-0.39, 0.29) is 0 Å². The van der Waals surface area contributed by atoms with Crippen molar-refractivity contribution in [3.8, 4) is 0 Å². The van der Waals surface area contributed by atoms with E-state index in [1.54, 1.807) is 0 Å². The maximum absolute atomic E-state index is 6.88. The summed E-state index contributed by atoms with van der Waals surface area (Å²) in [5, 5.41) is 12.9. The first-order valence-electron chi connectivity index (χ1n) is 12.1. The topological polar surface area (TPSA) is 52.6 Å². The molecular formula is C32H12O4. The molecule has 11 aromatic rings. The fourth-order valence-corrected chi connectivity index (χ4v) is 7.03. The number of hydrogen-bond donors (Lipinski definition) is 0. The third kappa shape index (κ3) is 1.51. The van der Waals surface area contributed by atoms with Crippen LogP contribution >= 0.6 is 0 Å². The summed E-state index contributed by atoms with van der Waals surface area (Å²) in [5.41, 5.74) is 6.97. The first-order valence-corrected chi connectivity index (χ1v) is 12.1. The monoisotopic (exact) mass is 460 g/mol. The SMILES string of the molecule is c1ccc2c(c1)c1oc3ccc4oc5ccc6oc7c8ccccc8c8oc2c2c1c3c4c5c6c7c82. The molecule has 4 aromatic heterocycles. The summed E-state index contributed by atoms with van der Waals surface area (Å²) in [6, 6.07) is 24.9. The van der Waals surface area contributed by atoms with Gasteiger partial charge >= 0.3 is 0 Å². The Morgan fingerprint density at radius 3 is 1.00 bits per heavy atom. The Balaban J connectivity index is 1.72. The molecule has 11 rings (SSSR count). The normalized spacial score (nSPS) is 13.6. The molecule has 4 heteroatoms. The predicted octanol–water partition coefficient (Wildman–Crippen LogP) is 9.90. The lowest BCUT2D eigenvalue weighted by Crippen LogP contribution is -1.82. The van der Waals surface area contributed by atoms with Gasteiger partial charge in [0.1, 0.15) is 44.7 Å². The van der Waals surface area contributed by atoms with E-state index in [1.807, 2.05) is 24.3 Å². The van der Waals surface area contributed by atoms with E-state index in [0.29, 0.717) is 0 Å². The van der Waals surface area contributed by atoms with E-state index in [9.17, 15) is 0 Å². The van der Waals surface area contributed by atoms with Gasteiger partial charge in [-0.1, -0.05) is 48.5 Å². The Kier molecular flexibility index (Phi) is 2.32. The largest absolute Gasteiger partial charge is 0.456 e. The van der Waals surface area contributed by atoms with Gasteiger partial charge in [0.15, 0.2) is 0 Å². The molecule has 7 aromatic carbocycles. The van der Waals surface area contributed by atoms with Crippen LogP contribution in [-0.2, 0) is 0 Å². The molecule has 0 aliphatic heterocycles. The first kappa shape index (κ1) is 16.6. The minimum absolute atomic E-state index is 0.854. The molecule has 0 aliphatic carbocycles. The van der Waals surface area contributed by atoms with Crippen molar-refractivity contribution in [1.82, 2.24) is 0 Å². The van der Waals surface area contributed by atoms with Gasteiger partial charge in [0.25, 0.3) is 0 Å². The fourth-order valence-electron chi connectivity index (χ4n) is 7.03. The third-order valence-electron chi connectivity index (χ3n) is 8.35. The fraction of sp³-hybridized carbons (Fsp3) is 0. The van der Waals surface area contributed by atoms with E-state index in [4.69, 9.17) is 17.7 Å². The number of furan rings is 4. The van der Waals surface area contributed by atoms with E-state index in [1.165, 1.54) is 0 Å². The summed E-state index contributed by atoms with van der Waals surface area (Å²) in [5.74, 6) is 0. The minimum Gasteiger partial charge on any atom is -0.456 e. The Bertz CT molecular complexity index is 2500. The summed E-state index contributed by atoms with van der Waals surface area (Å²) >= 11 is 0. The quantitative estimate of drug-likeness (QED) is 0.226. The second-order valence-electron chi connectivity index (χ2n) is 9.94. The lowest BCUT2D eigenvalue weighted by molar-refractivity contribution is 0.661. The maximum Gasteiger partial charge on any atom is 0.144 e. The van der Waals surface area contributed by atoms with E-state index in [2.05, 4.69) is 48.5 Å². The number of hydrogen-bond acceptors (Lipinski definition) is 4. The molecule has 0 unspecified atom stereocenters. The van der Waals surface area contributed by atoms with Crippen molar-refractivity contribution in [2.24, 2.45) is 0 Å². The molecule has 0 spiro atoms. The molecule has 0 radical (unpaired) electrons. The van der Waals surface area contributed by atoms with Crippen LogP contribution in [0.3, 0.4) is 0 Å². The highest BCUT2D eigenvalue weighted by atomic mass is 16.4. The van der Waals surface area contributed by atoms with Crippen molar-refractivity contribution < 1.29 is 17.7 Å². The number of rotatable bonds is 0. The van der Waals surface area contributed by atoms with Crippen molar-refractivity contribution >= 4 is 109 Å². The zero-order chi connectivity index (χ0) is 22.9. The molecule has 0 fully saturated rings. The molecule has 0 saturated heterocycles.